The molecule has 2 heterocycles. The summed E-state index contributed by atoms with van der Waals surface area (Å²) in [6, 6.07) is 14.1. The summed E-state index contributed by atoms with van der Waals surface area (Å²) in [5.74, 6) is 0.776. The lowest BCUT2D eigenvalue weighted by Crippen LogP contribution is -2.21. The van der Waals surface area contributed by atoms with Gasteiger partial charge in [-0.1, -0.05) is 18.2 Å². The normalized spacial score (nSPS) is 10.6. The maximum atomic E-state index is 11.6. The molecule has 0 atom stereocenters. The van der Waals surface area contributed by atoms with Crippen LogP contribution in [-0.4, -0.2) is 22.0 Å². The zero-order chi connectivity index (χ0) is 16.8. The lowest BCUT2D eigenvalue weighted by molar-refractivity contribution is -0.114. The van der Waals surface area contributed by atoms with Gasteiger partial charge in [-0.2, -0.15) is 0 Å². The number of carbonyl (C=O) groups excluding carboxylic acids is 1. The summed E-state index contributed by atoms with van der Waals surface area (Å²) in [6.45, 7) is 2.08. The molecule has 0 unspecified atom stereocenters. The van der Waals surface area contributed by atoms with Crippen molar-refractivity contribution in [2.24, 2.45) is 12.8 Å². The number of aromatic nitrogens is 2. The number of para-hydroxylation sites is 1. The number of fused-ring (bicyclic) bond motifs is 4. The number of anilines is 1. The number of halogens is 2. The summed E-state index contributed by atoms with van der Waals surface area (Å²) in [5, 5.41) is 5.07. The molecule has 0 spiro atoms. The van der Waals surface area contributed by atoms with Crippen LogP contribution in [0.1, 0.15) is 5.56 Å². The maximum Gasteiger partial charge on any atom is 0.238 e. The van der Waals surface area contributed by atoms with Gasteiger partial charge >= 0.3 is 0 Å². The van der Waals surface area contributed by atoms with Crippen molar-refractivity contribution >= 4 is 58.2 Å². The molecule has 2 aliphatic heterocycles. The van der Waals surface area contributed by atoms with E-state index in [1.807, 2.05) is 43.4 Å². The van der Waals surface area contributed by atoms with Crippen molar-refractivity contribution in [1.82, 2.24) is 9.55 Å². The Kier molecular flexibility index (Phi) is 5.76. The number of pyridine rings is 1. The summed E-state index contributed by atoms with van der Waals surface area (Å²) >= 11 is 0. The van der Waals surface area contributed by atoms with E-state index in [9.17, 15) is 4.79 Å². The number of rotatable bonds is 2. The molecule has 3 N–H and O–H groups in total. The van der Waals surface area contributed by atoms with Crippen molar-refractivity contribution in [3.05, 3.63) is 48.0 Å². The van der Waals surface area contributed by atoms with Gasteiger partial charge in [-0.3, -0.25) is 4.79 Å². The topological polar surface area (TPSA) is 72.9 Å². The second kappa shape index (κ2) is 7.50. The van der Waals surface area contributed by atoms with Crippen molar-refractivity contribution < 1.29 is 4.79 Å². The second-order valence-electron chi connectivity index (χ2n) is 6.00. The molecule has 0 aliphatic carbocycles. The lowest BCUT2D eigenvalue weighted by atomic mass is 10.00. The van der Waals surface area contributed by atoms with E-state index in [0.717, 1.165) is 44.4 Å². The lowest BCUT2D eigenvalue weighted by Gasteiger charge is -2.16. The van der Waals surface area contributed by atoms with E-state index in [2.05, 4.69) is 22.9 Å². The smallest absolute Gasteiger partial charge is 0.238 e. The van der Waals surface area contributed by atoms with Gasteiger partial charge in [0.1, 0.15) is 5.82 Å². The molecule has 0 radical (unpaired) electrons. The second-order valence-corrected chi connectivity index (χ2v) is 6.00. The molecule has 5 nitrogen and oxygen atoms in total. The standard InChI is InChI=1S/C19H18N4O.2ClH/c1-11-14-9-12(21-17(24)10-20)7-8-16(14)23(2)19-18(11)13-5-3-4-6-15(13)22-19;;/h3-9H,10,20H2,1-2H3,(H,21,24);2*1H. The Bertz CT molecular complexity index is 1070. The number of hydrogen-bond acceptors (Lipinski definition) is 3. The Morgan fingerprint density at radius 3 is 2.62 bits per heavy atom. The van der Waals surface area contributed by atoms with Gasteiger partial charge in [0, 0.05) is 34.6 Å². The van der Waals surface area contributed by atoms with Crippen molar-refractivity contribution in [2.45, 2.75) is 6.92 Å². The summed E-state index contributed by atoms with van der Waals surface area (Å²) in [7, 11) is 2.02. The highest BCUT2D eigenvalue weighted by Crippen LogP contribution is 2.38. The van der Waals surface area contributed by atoms with Crippen LogP contribution in [0.2, 0.25) is 0 Å². The van der Waals surface area contributed by atoms with Gasteiger partial charge in [0.2, 0.25) is 5.91 Å². The quantitative estimate of drug-likeness (QED) is 0.545. The van der Waals surface area contributed by atoms with Crippen LogP contribution in [0, 0.1) is 6.92 Å². The van der Waals surface area contributed by atoms with Crippen LogP contribution in [0.3, 0.4) is 0 Å². The van der Waals surface area contributed by atoms with Crippen molar-refractivity contribution in [2.75, 3.05) is 11.9 Å². The van der Waals surface area contributed by atoms with E-state index in [1.165, 1.54) is 0 Å². The molecule has 2 aliphatic rings. The number of nitrogens with zero attached hydrogens (tertiary/aromatic N) is 2. The van der Waals surface area contributed by atoms with Crippen LogP contribution in [-0.2, 0) is 11.8 Å². The average Bonchev–Trinajstić information content (AvgIpc) is 2.99. The molecule has 2 aromatic rings. The first-order valence-corrected chi connectivity index (χ1v) is 7.87. The minimum atomic E-state index is -0.196. The highest BCUT2D eigenvalue weighted by atomic mass is 35.5. The van der Waals surface area contributed by atoms with E-state index in [0.29, 0.717) is 0 Å². The van der Waals surface area contributed by atoms with Crippen molar-refractivity contribution in [3.8, 4) is 11.4 Å². The van der Waals surface area contributed by atoms with Crippen LogP contribution in [0.15, 0.2) is 42.5 Å². The zero-order valence-electron chi connectivity index (χ0n) is 14.4. The van der Waals surface area contributed by atoms with Crippen molar-refractivity contribution in [1.29, 1.82) is 0 Å². The van der Waals surface area contributed by atoms with Gasteiger partial charge in [0.25, 0.3) is 0 Å². The highest BCUT2D eigenvalue weighted by molar-refractivity contribution is 6.04. The number of amides is 1. The zero-order valence-corrected chi connectivity index (χ0v) is 16.1. The number of benzene rings is 2. The summed E-state index contributed by atoms with van der Waals surface area (Å²) in [6.07, 6.45) is 0. The van der Waals surface area contributed by atoms with Crippen LogP contribution in [0.5, 0.6) is 0 Å². The predicted molar refractivity (Wildman–Crippen MR) is 112 cm³/mol. The SMILES string of the molecule is Cc1c2c3ccccc3nc-2n(C)c2ccc(NC(=O)CN)cc12.Cl.Cl. The molecular formula is C19H20Cl2N4O. The minimum Gasteiger partial charge on any atom is -0.328 e. The summed E-state index contributed by atoms with van der Waals surface area (Å²) < 4.78 is 2.10. The van der Waals surface area contributed by atoms with E-state index in [-0.39, 0.29) is 37.3 Å². The molecule has 0 aromatic heterocycles. The number of carbonyl (C=O) groups is 1. The van der Waals surface area contributed by atoms with E-state index < -0.39 is 0 Å². The Balaban J connectivity index is 0.00000121. The number of hydrogen-bond donors (Lipinski definition) is 2. The third kappa shape index (κ3) is 2.98. The van der Waals surface area contributed by atoms with Crippen LogP contribution in [0.25, 0.3) is 33.2 Å². The largest absolute Gasteiger partial charge is 0.328 e. The van der Waals surface area contributed by atoms with E-state index in [4.69, 9.17) is 10.7 Å². The Hall–Kier alpha value is -2.34. The van der Waals surface area contributed by atoms with E-state index >= 15 is 0 Å². The van der Waals surface area contributed by atoms with E-state index in [1.54, 1.807) is 0 Å². The molecule has 4 rings (SSSR count). The Labute approximate surface area is 163 Å². The molecule has 26 heavy (non-hydrogen) atoms. The molecule has 7 heteroatoms. The molecule has 1 amide bonds. The fraction of sp³-hybridized carbons (Fsp3) is 0.158. The fourth-order valence-electron chi connectivity index (χ4n) is 3.35. The van der Waals surface area contributed by atoms with Gasteiger partial charge in [0.05, 0.1) is 12.1 Å². The minimum absolute atomic E-state index is 0. The average molecular weight is 391 g/mol. The summed E-state index contributed by atoms with van der Waals surface area (Å²) in [4.78, 5) is 16.4. The highest BCUT2D eigenvalue weighted by Gasteiger charge is 2.20. The Morgan fingerprint density at radius 2 is 1.88 bits per heavy atom. The Morgan fingerprint density at radius 1 is 1.15 bits per heavy atom. The first kappa shape index (κ1) is 20.0. The first-order valence-electron chi connectivity index (χ1n) is 7.87. The van der Waals surface area contributed by atoms with Gasteiger partial charge in [-0.05, 0) is 36.8 Å². The molecule has 2 aromatic carbocycles. The number of nitrogens with two attached hydrogens (primary N) is 1. The third-order valence-corrected chi connectivity index (χ3v) is 4.55. The third-order valence-electron chi connectivity index (χ3n) is 4.55. The maximum absolute atomic E-state index is 11.6. The van der Waals surface area contributed by atoms with Crippen LogP contribution in [0.4, 0.5) is 5.69 Å². The summed E-state index contributed by atoms with van der Waals surface area (Å²) in [5.41, 5.74) is 10.5. The molecule has 136 valence electrons. The monoisotopic (exact) mass is 390 g/mol. The van der Waals surface area contributed by atoms with Gasteiger partial charge in [0.15, 0.2) is 0 Å². The molecule has 0 saturated heterocycles. The number of aryl methyl sites for hydroxylation is 2. The number of nitrogens with one attached hydrogen (secondary N) is 1. The molecule has 0 fully saturated rings. The predicted octanol–water partition coefficient (Wildman–Crippen LogP) is 3.88. The van der Waals surface area contributed by atoms with Gasteiger partial charge in [-0.15, -0.1) is 24.8 Å². The van der Waals surface area contributed by atoms with Crippen LogP contribution < -0.4 is 11.1 Å². The molecule has 0 saturated carbocycles. The van der Waals surface area contributed by atoms with Gasteiger partial charge < -0.3 is 15.6 Å². The fourth-order valence-corrected chi connectivity index (χ4v) is 3.35. The molecular weight excluding hydrogens is 371 g/mol. The molecule has 0 bridgehead atoms. The van der Waals surface area contributed by atoms with Gasteiger partial charge in [-0.25, -0.2) is 4.98 Å². The van der Waals surface area contributed by atoms with Crippen LogP contribution >= 0.6 is 24.8 Å². The van der Waals surface area contributed by atoms with Crippen molar-refractivity contribution in [3.63, 3.8) is 0 Å². The first-order chi connectivity index (χ1) is 11.6.